The predicted molar refractivity (Wildman–Crippen MR) is 102 cm³/mol. The normalized spacial score (nSPS) is 12.0. The van der Waals surface area contributed by atoms with Crippen molar-refractivity contribution in [3.05, 3.63) is 60.1 Å². The number of fused-ring (bicyclic) bond motifs is 1. The number of halogens is 1. The van der Waals surface area contributed by atoms with E-state index in [1.165, 1.54) is 12.1 Å². The molecule has 136 valence electrons. The molecule has 0 atom stereocenters. The van der Waals surface area contributed by atoms with Gasteiger partial charge in [-0.05, 0) is 42.0 Å². The fraction of sp³-hybridized carbons (Fsp3) is 0.0556. The summed E-state index contributed by atoms with van der Waals surface area (Å²) in [6.07, 6.45) is 1.73. The first-order chi connectivity index (χ1) is 13.0. The molecule has 8 nitrogen and oxygen atoms in total. The maximum Gasteiger partial charge on any atom is 0.221 e. The number of hydrogen-bond acceptors (Lipinski definition) is 6. The molecule has 4 aromatic rings. The number of benzene rings is 2. The summed E-state index contributed by atoms with van der Waals surface area (Å²) < 4.78 is 16.4. The molecule has 6 N–H and O–H groups in total. The molecule has 0 fully saturated rings. The van der Waals surface area contributed by atoms with Crippen LogP contribution in [0.25, 0.3) is 33.4 Å². The minimum absolute atomic E-state index is 0.0314. The highest BCUT2D eigenvalue weighted by atomic mass is 19.1. The highest BCUT2D eigenvalue weighted by molar-refractivity contribution is 5.87. The largest absolute Gasteiger partial charge is 0.368 e. The van der Waals surface area contributed by atoms with E-state index in [1.54, 1.807) is 18.5 Å². The van der Waals surface area contributed by atoms with Gasteiger partial charge in [-0.25, -0.2) is 19.0 Å². The number of aromatic nitrogens is 4. The van der Waals surface area contributed by atoms with Crippen LogP contribution < -0.4 is 22.9 Å². The second kappa shape index (κ2) is 6.13. The Kier molecular flexibility index (Phi) is 3.76. The van der Waals surface area contributed by atoms with Crippen LogP contribution in [0.4, 0.5) is 10.3 Å². The Labute approximate surface area is 153 Å². The molecule has 0 saturated carbocycles. The molecule has 27 heavy (non-hydrogen) atoms. The number of anilines is 1. The van der Waals surface area contributed by atoms with Crippen LogP contribution in [0.2, 0.25) is 0 Å². The van der Waals surface area contributed by atoms with E-state index in [1.807, 2.05) is 29.8 Å². The first-order valence-electron chi connectivity index (χ1n) is 8.08. The predicted octanol–water partition coefficient (Wildman–Crippen LogP) is 1.31. The molecule has 0 radical (unpaired) electrons. The average Bonchev–Trinajstić information content (AvgIpc) is 3.04. The van der Waals surface area contributed by atoms with Gasteiger partial charge < -0.3 is 22.0 Å². The van der Waals surface area contributed by atoms with Crippen LogP contribution in [-0.2, 0) is 7.05 Å². The van der Waals surface area contributed by atoms with Crippen LogP contribution in [-0.4, -0.2) is 19.2 Å². The Morgan fingerprint density at radius 1 is 1.07 bits per heavy atom. The van der Waals surface area contributed by atoms with Crippen molar-refractivity contribution >= 4 is 17.0 Å². The van der Waals surface area contributed by atoms with Crippen molar-refractivity contribution in [3.8, 4) is 22.4 Å². The topological polar surface area (TPSA) is 126 Å². The highest BCUT2D eigenvalue weighted by Crippen LogP contribution is 2.30. The molecule has 2 heterocycles. The van der Waals surface area contributed by atoms with Crippen molar-refractivity contribution in [3.63, 3.8) is 0 Å². The van der Waals surface area contributed by atoms with Crippen molar-refractivity contribution < 1.29 is 4.39 Å². The number of aryl methyl sites for hydroxylation is 1. The van der Waals surface area contributed by atoms with Crippen LogP contribution in [0, 0.1) is 5.82 Å². The maximum absolute atomic E-state index is 13.4. The van der Waals surface area contributed by atoms with Gasteiger partial charge in [0.05, 0.1) is 28.6 Å². The van der Waals surface area contributed by atoms with Gasteiger partial charge in [0.1, 0.15) is 5.82 Å². The number of rotatable bonds is 2. The SMILES string of the molecule is Cn1cnc2ccc(-c3c(-c4ccc(F)cc4)nc(N)n(N)/c3=N\N)cc21. The summed E-state index contributed by atoms with van der Waals surface area (Å²) in [5.74, 6) is 11.3. The number of nitrogens with two attached hydrogens (primary N) is 3. The van der Waals surface area contributed by atoms with Gasteiger partial charge in [0, 0.05) is 12.6 Å². The first-order valence-corrected chi connectivity index (χ1v) is 8.08. The van der Waals surface area contributed by atoms with E-state index in [0.29, 0.717) is 16.8 Å². The molecule has 0 aliphatic rings. The van der Waals surface area contributed by atoms with E-state index in [9.17, 15) is 4.39 Å². The van der Waals surface area contributed by atoms with Crippen molar-refractivity contribution in [2.75, 3.05) is 11.6 Å². The Balaban J connectivity index is 2.09. The molecule has 0 saturated heterocycles. The fourth-order valence-electron chi connectivity index (χ4n) is 3.05. The molecule has 0 unspecified atom stereocenters. The van der Waals surface area contributed by atoms with Gasteiger partial charge in [0.2, 0.25) is 5.95 Å². The van der Waals surface area contributed by atoms with E-state index < -0.39 is 0 Å². The van der Waals surface area contributed by atoms with Crippen LogP contribution in [0.5, 0.6) is 0 Å². The summed E-state index contributed by atoms with van der Waals surface area (Å²) in [6, 6.07) is 11.6. The lowest BCUT2D eigenvalue weighted by atomic mass is 9.99. The molecule has 0 spiro atoms. The first kappa shape index (κ1) is 16.6. The Bertz CT molecular complexity index is 1220. The van der Waals surface area contributed by atoms with Gasteiger partial charge in [0.25, 0.3) is 0 Å². The zero-order chi connectivity index (χ0) is 19.1. The van der Waals surface area contributed by atoms with Gasteiger partial charge in [-0.1, -0.05) is 6.07 Å². The fourth-order valence-corrected chi connectivity index (χ4v) is 3.05. The second-order valence-corrected chi connectivity index (χ2v) is 6.08. The van der Waals surface area contributed by atoms with Crippen molar-refractivity contribution in [2.45, 2.75) is 0 Å². The van der Waals surface area contributed by atoms with Crippen LogP contribution in [0.3, 0.4) is 0 Å². The van der Waals surface area contributed by atoms with E-state index in [4.69, 9.17) is 17.4 Å². The molecule has 0 aliphatic heterocycles. The van der Waals surface area contributed by atoms with Crippen molar-refractivity contribution in [1.29, 1.82) is 0 Å². The summed E-state index contributed by atoms with van der Waals surface area (Å²) in [5.41, 5.74) is 10.5. The van der Waals surface area contributed by atoms with Gasteiger partial charge in [-0.15, -0.1) is 0 Å². The quantitative estimate of drug-likeness (QED) is 0.365. The molecular formula is C18H17FN8. The molecule has 0 aliphatic carbocycles. The Hall–Kier alpha value is -3.88. The smallest absolute Gasteiger partial charge is 0.221 e. The third-order valence-electron chi connectivity index (χ3n) is 4.42. The van der Waals surface area contributed by atoms with Crippen LogP contribution >= 0.6 is 0 Å². The second-order valence-electron chi connectivity index (χ2n) is 6.08. The minimum Gasteiger partial charge on any atom is -0.368 e. The number of imidazole rings is 1. The Morgan fingerprint density at radius 3 is 2.48 bits per heavy atom. The van der Waals surface area contributed by atoms with Crippen LogP contribution in [0.15, 0.2) is 53.9 Å². The lowest BCUT2D eigenvalue weighted by Crippen LogP contribution is -2.34. The molecule has 0 amide bonds. The van der Waals surface area contributed by atoms with Gasteiger partial charge >= 0.3 is 0 Å². The van der Waals surface area contributed by atoms with Crippen molar-refractivity contribution in [1.82, 2.24) is 19.2 Å². The third kappa shape index (κ3) is 2.65. The third-order valence-corrected chi connectivity index (χ3v) is 4.42. The molecule has 2 aromatic carbocycles. The molecule has 0 bridgehead atoms. The number of nitrogens with zero attached hydrogens (tertiary/aromatic N) is 5. The lowest BCUT2D eigenvalue weighted by Gasteiger charge is -2.14. The van der Waals surface area contributed by atoms with Gasteiger partial charge in [0.15, 0.2) is 5.49 Å². The summed E-state index contributed by atoms with van der Waals surface area (Å²) in [5, 5.41) is 3.82. The lowest BCUT2D eigenvalue weighted by molar-refractivity contribution is 0.628. The van der Waals surface area contributed by atoms with Gasteiger partial charge in [-0.2, -0.15) is 5.10 Å². The van der Waals surface area contributed by atoms with E-state index in [0.717, 1.165) is 21.3 Å². The molecular weight excluding hydrogens is 347 g/mol. The average molecular weight is 364 g/mol. The number of hydrogen-bond donors (Lipinski definition) is 3. The van der Waals surface area contributed by atoms with E-state index in [2.05, 4.69) is 15.1 Å². The maximum atomic E-state index is 13.4. The molecule has 2 aromatic heterocycles. The minimum atomic E-state index is -0.349. The van der Waals surface area contributed by atoms with Crippen molar-refractivity contribution in [2.24, 2.45) is 18.0 Å². The Morgan fingerprint density at radius 2 is 1.78 bits per heavy atom. The van der Waals surface area contributed by atoms with Crippen LogP contribution in [0.1, 0.15) is 0 Å². The zero-order valence-corrected chi connectivity index (χ0v) is 14.5. The summed E-state index contributed by atoms with van der Waals surface area (Å²) in [7, 11) is 1.90. The van der Waals surface area contributed by atoms with E-state index in [-0.39, 0.29) is 17.3 Å². The summed E-state index contributed by atoms with van der Waals surface area (Å²) in [6.45, 7) is 0. The zero-order valence-electron chi connectivity index (χ0n) is 14.5. The monoisotopic (exact) mass is 364 g/mol. The summed E-state index contributed by atoms with van der Waals surface area (Å²) in [4.78, 5) is 8.73. The summed E-state index contributed by atoms with van der Waals surface area (Å²) >= 11 is 0. The van der Waals surface area contributed by atoms with E-state index >= 15 is 0 Å². The standard InChI is InChI=1S/C18H17FN8/c1-26-9-23-13-7-4-11(8-14(13)26)15-16(10-2-5-12(19)6-3-10)24-18(20)27(22)17(15)25-21/h2-9H,21-22H2,1H3,(H2,20,24)/b25-17-. The number of nitrogen functional groups attached to an aromatic ring is 2. The molecule has 9 heteroatoms. The molecule has 4 rings (SSSR count). The highest BCUT2D eigenvalue weighted by Gasteiger charge is 2.17. The van der Waals surface area contributed by atoms with Gasteiger partial charge in [-0.3, -0.25) is 0 Å².